The van der Waals surface area contributed by atoms with Crippen molar-refractivity contribution >= 4 is 35.9 Å². The monoisotopic (exact) mass is 645 g/mol. The lowest BCUT2D eigenvalue weighted by atomic mass is 9.73. The van der Waals surface area contributed by atoms with Crippen LogP contribution in [0.3, 0.4) is 0 Å². The van der Waals surface area contributed by atoms with Gasteiger partial charge in [-0.25, -0.2) is 9.59 Å². The molecule has 1 fully saturated rings. The number of hydrogen-bond donors (Lipinski definition) is 6. The Labute approximate surface area is 265 Å². The minimum Gasteiger partial charge on any atom is -0.497 e. The van der Waals surface area contributed by atoms with E-state index in [0.29, 0.717) is 0 Å². The van der Waals surface area contributed by atoms with Crippen LogP contribution in [0.15, 0.2) is 78.9 Å². The number of nitrogens with one attached hydrogen (secondary N) is 1. The van der Waals surface area contributed by atoms with Gasteiger partial charge in [0.25, 0.3) is 11.2 Å². The van der Waals surface area contributed by atoms with Crippen LogP contribution in [-0.2, 0) is 15.0 Å². The smallest absolute Gasteiger partial charge is 0.348 e. The summed E-state index contributed by atoms with van der Waals surface area (Å²) in [6.07, 6.45) is 2.00. The van der Waals surface area contributed by atoms with Gasteiger partial charge in [-0.05, 0) is 73.5 Å². The predicted octanol–water partition coefficient (Wildman–Crippen LogP) is 2.12. The van der Waals surface area contributed by atoms with Gasteiger partial charge in [-0.1, -0.05) is 30.3 Å². The van der Waals surface area contributed by atoms with E-state index < -0.39 is 45.8 Å². The molecule has 1 aliphatic rings. The number of ether oxygens (including phenoxy) is 2. The van der Waals surface area contributed by atoms with E-state index in [1.54, 1.807) is 0 Å². The molecule has 1 aliphatic heterocycles. The summed E-state index contributed by atoms with van der Waals surface area (Å²) < 4.78 is 9.81. The van der Waals surface area contributed by atoms with Crippen LogP contribution >= 0.6 is 12.4 Å². The third kappa shape index (κ3) is 7.32. The van der Waals surface area contributed by atoms with Crippen LogP contribution in [-0.4, -0.2) is 94.2 Å². The van der Waals surface area contributed by atoms with E-state index in [4.69, 9.17) is 14.6 Å². The average molecular weight is 646 g/mol. The lowest BCUT2D eigenvalue weighted by molar-refractivity contribution is -0.187. The summed E-state index contributed by atoms with van der Waals surface area (Å²) in [5.74, 6) is -7.68. The number of hydrogen-bond acceptors (Lipinski definition) is 10. The van der Waals surface area contributed by atoms with Crippen molar-refractivity contribution in [3.8, 4) is 11.5 Å². The summed E-state index contributed by atoms with van der Waals surface area (Å²) in [6, 6.07) is 19.7. The van der Waals surface area contributed by atoms with E-state index in [1.165, 1.54) is 44.0 Å². The first-order valence-corrected chi connectivity index (χ1v) is 13.6. The number of aliphatic hydroxyl groups excluding tert-OH is 1. The van der Waals surface area contributed by atoms with E-state index in [-0.39, 0.29) is 35.9 Å². The third-order valence-electron chi connectivity index (χ3n) is 7.72. The number of ketones is 2. The molecular weight excluding hydrogens is 610 g/mol. The molecule has 3 atom stereocenters. The van der Waals surface area contributed by atoms with Gasteiger partial charge in [0.1, 0.15) is 11.5 Å². The number of Topliss-reactive ketones (excluding diaryl/α,β-unsaturated/α-hetero) is 2. The number of carboxylic acids is 2. The van der Waals surface area contributed by atoms with Crippen LogP contribution in [0.1, 0.15) is 39.1 Å². The first-order valence-electron chi connectivity index (χ1n) is 13.6. The van der Waals surface area contributed by atoms with Gasteiger partial charge in [0.15, 0.2) is 0 Å². The topological polar surface area (TPSA) is 200 Å². The second-order valence-electron chi connectivity index (χ2n) is 10.2. The van der Waals surface area contributed by atoms with Gasteiger partial charge in [-0.3, -0.25) is 9.59 Å². The molecular formula is C32H36ClNO11. The second kappa shape index (κ2) is 15.6. The van der Waals surface area contributed by atoms with Gasteiger partial charge >= 0.3 is 11.9 Å². The zero-order valence-electron chi connectivity index (χ0n) is 24.6. The molecule has 1 unspecified atom stereocenters. The molecule has 4 rings (SSSR count). The average Bonchev–Trinajstić information content (AvgIpc) is 3.53. The first kappa shape index (κ1) is 36.9. The standard InChI is InChI=1S/C20H18O10.C12H17NO.ClH/c1-29-13-7-3-11(4-8-13)15(21)19(27,17(23)24)20(28,18(25)26)16(22)12-5-9-14(30-2)10-6-12;14-9-7-12(6-8-13-10-12)11-4-2-1-3-5-11;/h3-10,27-28H,1-2H3,(H,23,24)(H,25,26);1-5,13-14H,6-10H2;1H/t19-,20-;;/m1../s1. The van der Waals surface area contributed by atoms with Gasteiger partial charge in [0.2, 0.25) is 11.6 Å². The van der Waals surface area contributed by atoms with Crippen molar-refractivity contribution in [3.05, 3.63) is 95.6 Å². The lowest BCUT2D eigenvalue weighted by Crippen LogP contribution is -2.71. The van der Waals surface area contributed by atoms with Crippen LogP contribution < -0.4 is 14.8 Å². The van der Waals surface area contributed by atoms with Crippen LogP contribution in [0, 0.1) is 0 Å². The number of methoxy groups -OCH3 is 2. The van der Waals surface area contributed by atoms with Gasteiger partial charge in [0, 0.05) is 29.7 Å². The molecule has 3 aromatic carbocycles. The molecule has 13 heteroatoms. The van der Waals surface area contributed by atoms with Crippen molar-refractivity contribution in [2.75, 3.05) is 33.9 Å². The van der Waals surface area contributed by atoms with Crippen molar-refractivity contribution < 1.29 is 54.2 Å². The molecule has 0 saturated carbocycles. The van der Waals surface area contributed by atoms with E-state index in [2.05, 4.69) is 29.6 Å². The Hall–Kier alpha value is -4.33. The fourth-order valence-electron chi connectivity index (χ4n) is 5.09. The normalized spacial score (nSPS) is 18.1. The zero-order chi connectivity index (χ0) is 32.5. The van der Waals surface area contributed by atoms with E-state index in [9.17, 15) is 39.6 Å². The van der Waals surface area contributed by atoms with Crippen molar-refractivity contribution in [2.45, 2.75) is 29.5 Å². The molecule has 6 N–H and O–H groups in total. The number of benzene rings is 3. The minimum atomic E-state index is -4.04. The summed E-state index contributed by atoms with van der Waals surface area (Å²) in [5, 5.41) is 53.0. The maximum atomic E-state index is 12.8. The van der Waals surface area contributed by atoms with Crippen LogP contribution in [0.25, 0.3) is 0 Å². The Morgan fingerprint density at radius 1 is 0.756 bits per heavy atom. The molecule has 1 saturated heterocycles. The highest BCUT2D eigenvalue weighted by molar-refractivity contribution is 6.28. The highest BCUT2D eigenvalue weighted by Gasteiger charge is 2.69. The summed E-state index contributed by atoms with van der Waals surface area (Å²) >= 11 is 0. The van der Waals surface area contributed by atoms with E-state index >= 15 is 0 Å². The third-order valence-corrected chi connectivity index (χ3v) is 7.72. The Bertz CT molecular complexity index is 1380. The molecule has 242 valence electrons. The Kier molecular flexibility index (Phi) is 12.8. The van der Waals surface area contributed by atoms with Crippen LogP contribution in [0.4, 0.5) is 0 Å². The number of carboxylic acid groups (broad SMARTS) is 2. The fourth-order valence-corrected chi connectivity index (χ4v) is 5.09. The summed E-state index contributed by atoms with van der Waals surface area (Å²) in [5.41, 5.74) is -7.48. The zero-order valence-corrected chi connectivity index (χ0v) is 25.5. The molecule has 0 aliphatic carbocycles. The fraction of sp³-hybridized carbons (Fsp3) is 0.312. The largest absolute Gasteiger partial charge is 0.497 e. The molecule has 0 amide bonds. The molecule has 3 aromatic rings. The molecule has 45 heavy (non-hydrogen) atoms. The summed E-state index contributed by atoms with van der Waals surface area (Å²) in [6.45, 7) is 2.34. The number of rotatable bonds is 12. The molecule has 0 bridgehead atoms. The Morgan fingerprint density at radius 2 is 1.18 bits per heavy atom. The van der Waals surface area contributed by atoms with Crippen molar-refractivity contribution in [1.29, 1.82) is 0 Å². The molecule has 0 aromatic heterocycles. The van der Waals surface area contributed by atoms with Gasteiger partial charge in [0.05, 0.1) is 14.2 Å². The highest BCUT2D eigenvalue weighted by Crippen LogP contribution is 2.34. The number of aliphatic carboxylic acids is 2. The van der Waals surface area contributed by atoms with Crippen molar-refractivity contribution in [3.63, 3.8) is 0 Å². The Balaban J connectivity index is 0.000000391. The first-order chi connectivity index (χ1) is 20.9. The number of halogens is 1. The quantitative estimate of drug-likeness (QED) is 0.124. The molecule has 1 heterocycles. The number of carbonyl (C=O) groups is 4. The molecule has 0 spiro atoms. The summed E-state index contributed by atoms with van der Waals surface area (Å²) in [4.78, 5) is 49.4. The Morgan fingerprint density at radius 3 is 1.49 bits per heavy atom. The highest BCUT2D eigenvalue weighted by atomic mass is 35.5. The minimum absolute atomic E-state index is 0. The lowest BCUT2D eigenvalue weighted by Gasteiger charge is -2.34. The number of aliphatic hydroxyl groups is 3. The maximum absolute atomic E-state index is 12.8. The van der Waals surface area contributed by atoms with Gasteiger partial charge in [-0.2, -0.15) is 0 Å². The SMILES string of the molecule is COc1ccc(C(=O)[C@@](O)(C(=O)O)[C@](O)(C(=O)O)C(=O)c2ccc(OC)cc2)cc1.Cl.OCCC1(c2ccccc2)CCNC1. The summed E-state index contributed by atoms with van der Waals surface area (Å²) in [7, 11) is 2.67. The predicted molar refractivity (Wildman–Crippen MR) is 164 cm³/mol. The van der Waals surface area contributed by atoms with Crippen molar-refractivity contribution in [1.82, 2.24) is 5.32 Å². The second-order valence-corrected chi connectivity index (χ2v) is 10.2. The van der Waals surface area contributed by atoms with Crippen LogP contribution in [0.5, 0.6) is 11.5 Å². The van der Waals surface area contributed by atoms with E-state index in [1.807, 2.05) is 6.07 Å². The van der Waals surface area contributed by atoms with Gasteiger partial charge in [-0.15, -0.1) is 12.4 Å². The maximum Gasteiger partial charge on any atom is 0.348 e. The molecule has 12 nitrogen and oxygen atoms in total. The van der Waals surface area contributed by atoms with Crippen LogP contribution in [0.2, 0.25) is 0 Å². The molecule has 0 radical (unpaired) electrons. The van der Waals surface area contributed by atoms with Gasteiger partial charge < -0.3 is 40.3 Å². The number of carbonyl (C=O) groups excluding carboxylic acids is 2. The van der Waals surface area contributed by atoms with Crippen molar-refractivity contribution in [2.24, 2.45) is 0 Å². The van der Waals surface area contributed by atoms with E-state index in [0.717, 1.165) is 50.2 Å².